The lowest BCUT2D eigenvalue weighted by Crippen LogP contribution is -2.43. The highest BCUT2D eigenvalue weighted by molar-refractivity contribution is 6.00. The number of fused-ring (bicyclic) bond motifs is 1. The Balaban J connectivity index is 0.00000208. The lowest BCUT2D eigenvalue weighted by molar-refractivity contribution is -0.135. The van der Waals surface area contributed by atoms with Crippen molar-refractivity contribution in [1.29, 1.82) is 0 Å². The van der Waals surface area contributed by atoms with Crippen molar-refractivity contribution in [2.75, 3.05) is 0 Å². The zero-order valence-corrected chi connectivity index (χ0v) is 13.5. The first kappa shape index (κ1) is 15.5. The summed E-state index contributed by atoms with van der Waals surface area (Å²) in [6.07, 6.45) is 1.41. The van der Waals surface area contributed by atoms with Gasteiger partial charge in [0.25, 0.3) is 0 Å². The van der Waals surface area contributed by atoms with Gasteiger partial charge in [0, 0.05) is 13.4 Å². The van der Waals surface area contributed by atoms with Gasteiger partial charge in [-0.2, -0.15) is 0 Å². The summed E-state index contributed by atoms with van der Waals surface area (Å²) >= 11 is 0. The van der Waals surface area contributed by atoms with Gasteiger partial charge < -0.3 is 4.42 Å². The number of nitrogens with zero attached hydrogens (tertiary/aromatic N) is 1. The number of oxazole rings is 1. The Kier molecular flexibility index (Phi) is 3.62. The number of aromatic nitrogens is 1. The monoisotopic (exact) mass is 318 g/mol. The summed E-state index contributed by atoms with van der Waals surface area (Å²) in [5, 5.41) is 2.29. The quantitative estimate of drug-likeness (QED) is 0.882. The van der Waals surface area contributed by atoms with Gasteiger partial charge in [-0.25, -0.2) is 4.79 Å². The van der Waals surface area contributed by atoms with E-state index in [1.807, 2.05) is 12.1 Å². The summed E-state index contributed by atoms with van der Waals surface area (Å²) < 4.78 is 6.86. The van der Waals surface area contributed by atoms with Crippen molar-refractivity contribution in [3.8, 4) is 0 Å². The molecule has 23 heavy (non-hydrogen) atoms. The van der Waals surface area contributed by atoms with E-state index in [-0.39, 0.29) is 19.2 Å². The second-order valence-corrected chi connectivity index (χ2v) is 6.60. The Labute approximate surface area is 134 Å². The minimum absolute atomic E-state index is 0. The lowest BCUT2D eigenvalue weighted by atomic mass is 9.82. The fourth-order valence-corrected chi connectivity index (χ4v) is 3.00. The van der Waals surface area contributed by atoms with E-state index in [1.54, 1.807) is 6.07 Å². The molecule has 1 N–H and O–H groups in total. The number of imide groups is 1. The summed E-state index contributed by atoms with van der Waals surface area (Å²) in [5.41, 5.74) is 1.92. The van der Waals surface area contributed by atoms with Crippen LogP contribution in [0.15, 0.2) is 27.4 Å². The second kappa shape index (κ2) is 5.37. The predicted octanol–water partition coefficient (Wildman–Crippen LogP) is 2.51. The maximum Gasteiger partial charge on any atom is 0.420 e. The minimum atomic E-state index is -0.707. The van der Waals surface area contributed by atoms with Gasteiger partial charge in [0.15, 0.2) is 5.58 Å². The number of carbonyl (C=O) groups excluding carboxylic acids is 2. The molecule has 2 heterocycles. The standard InChI is InChI=1S/C17H20N2O4.H2/c1-4-17(2,3)10-6-5-7-11-14(10)23-16(22)19(11)12-8-9-13(20)18-15(12)21;/h5-7,12H,4,8-9H2,1-3H3,(H,18,20,21);1H/t12-;/m0./s1. The van der Waals surface area contributed by atoms with Crippen LogP contribution in [-0.4, -0.2) is 16.4 Å². The molecule has 0 radical (unpaired) electrons. The van der Waals surface area contributed by atoms with E-state index in [0.717, 1.165) is 12.0 Å². The molecule has 1 fully saturated rings. The highest BCUT2D eigenvalue weighted by Crippen LogP contribution is 2.33. The summed E-state index contributed by atoms with van der Waals surface area (Å²) in [6.45, 7) is 6.25. The third-order valence-corrected chi connectivity index (χ3v) is 4.77. The van der Waals surface area contributed by atoms with Crippen LogP contribution in [0, 0.1) is 0 Å². The summed E-state index contributed by atoms with van der Waals surface area (Å²) in [5.74, 6) is -1.32. The molecular formula is C17H22N2O4. The van der Waals surface area contributed by atoms with Crippen LogP contribution in [0.4, 0.5) is 0 Å². The molecule has 0 bridgehead atoms. The van der Waals surface area contributed by atoms with Crippen molar-refractivity contribution in [3.05, 3.63) is 34.3 Å². The molecule has 0 saturated carbocycles. The normalized spacial score (nSPS) is 19.2. The third kappa shape index (κ3) is 2.48. The van der Waals surface area contributed by atoms with E-state index in [1.165, 1.54) is 4.57 Å². The molecule has 2 aromatic rings. The number of benzene rings is 1. The van der Waals surface area contributed by atoms with Crippen molar-refractivity contribution in [2.24, 2.45) is 0 Å². The minimum Gasteiger partial charge on any atom is -0.407 e. The molecular weight excluding hydrogens is 296 g/mol. The first-order chi connectivity index (χ1) is 10.8. The Bertz CT molecular complexity index is 850. The molecule has 6 heteroatoms. The van der Waals surface area contributed by atoms with Crippen LogP contribution in [-0.2, 0) is 15.0 Å². The Morgan fingerprint density at radius 1 is 1.35 bits per heavy atom. The molecule has 3 rings (SSSR count). The second-order valence-electron chi connectivity index (χ2n) is 6.60. The van der Waals surface area contributed by atoms with Crippen molar-refractivity contribution in [1.82, 2.24) is 9.88 Å². The van der Waals surface area contributed by atoms with Crippen LogP contribution in [0.1, 0.15) is 53.1 Å². The highest BCUT2D eigenvalue weighted by Gasteiger charge is 2.32. The maximum absolute atomic E-state index is 12.4. The summed E-state index contributed by atoms with van der Waals surface area (Å²) in [6, 6.07) is 4.89. The molecule has 0 unspecified atom stereocenters. The molecule has 1 aliphatic rings. The van der Waals surface area contributed by atoms with Gasteiger partial charge in [-0.3, -0.25) is 19.5 Å². The number of nitrogens with one attached hydrogen (secondary N) is 1. The third-order valence-electron chi connectivity index (χ3n) is 4.77. The van der Waals surface area contributed by atoms with Gasteiger partial charge in [-0.15, -0.1) is 0 Å². The first-order valence-corrected chi connectivity index (χ1v) is 7.83. The van der Waals surface area contributed by atoms with Crippen molar-refractivity contribution >= 4 is 22.9 Å². The van der Waals surface area contributed by atoms with E-state index in [2.05, 4.69) is 26.1 Å². The number of piperidine rings is 1. The zero-order valence-electron chi connectivity index (χ0n) is 13.5. The Hall–Kier alpha value is -2.37. The van der Waals surface area contributed by atoms with Crippen molar-refractivity contribution < 1.29 is 15.4 Å². The molecule has 2 amide bonds. The van der Waals surface area contributed by atoms with Gasteiger partial charge in [-0.05, 0) is 24.3 Å². The molecule has 1 saturated heterocycles. The van der Waals surface area contributed by atoms with Crippen molar-refractivity contribution in [3.63, 3.8) is 0 Å². The van der Waals surface area contributed by atoms with Crippen molar-refractivity contribution in [2.45, 2.75) is 51.5 Å². The molecule has 0 aliphatic carbocycles. The van der Waals surface area contributed by atoms with E-state index >= 15 is 0 Å². The molecule has 6 nitrogen and oxygen atoms in total. The zero-order chi connectivity index (χ0) is 16.8. The van der Waals surface area contributed by atoms with E-state index in [0.29, 0.717) is 17.5 Å². The predicted molar refractivity (Wildman–Crippen MR) is 87.3 cm³/mol. The molecule has 1 aromatic carbocycles. The Morgan fingerprint density at radius 3 is 2.74 bits per heavy atom. The SMILES string of the molecule is CCC(C)(C)c1cccc2c1oc(=O)n2[C@H]1CCC(=O)NC1=O.[HH]. The molecule has 0 spiro atoms. The van der Waals surface area contributed by atoms with Crippen LogP contribution in [0.25, 0.3) is 11.1 Å². The van der Waals surface area contributed by atoms with Gasteiger partial charge >= 0.3 is 5.76 Å². The lowest BCUT2D eigenvalue weighted by Gasteiger charge is -2.24. The number of hydrogen-bond donors (Lipinski definition) is 1. The molecule has 124 valence electrons. The fourth-order valence-electron chi connectivity index (χ4n) is 3.00. The van der Waals surface area contributed by atoms with Gasteiger partial charge in [-0.1, -0.05) is 32.9 Å². The maximum atomic E-state index is 12.4. The fraction of sp³-hybridized carbons (Fsp3) is 0.471. The number of carbonyl (C=O) groups is 2. The summed E-state index contributed by atoms with van der Waals surface area (Å²) in [7, 11) is 0. The van der Waals surface area contributed by atoms with Crippen LogP contribution in [0.2, 0.25) is 0 Å². The van der Waals surface area contributed by atoms with Crippen LogP contribution < -0.4 is 11.1 Å². The molecule has 1 aliphatic heterocycles. The first-order valence-electron chi connectivity index (χ1n) is 7.83. The Morgan fingerprint density at radius 2 is 2.09 bits per heavy atom. The number of amides is 2. The molecule has 1 aromatic heterocycles. The number of rotatable bonds is 3. The largest absolute Gasteiger partial charge is 0.420 e. The number of hydrogen-bond acceptors (Lipinski definition) is 4. The highest BCUT2D eigenvalue weighted by atomic mass is 16.4. The summed E-state index contributed by atoms with van der Waals surface area (Å²) in [4.78, 5) is 35.8. The number of para-hydroxylation sites is 1. The van der Waals surface area contributed by atoms with E-state index < -0.39 is 17.7 Å². The van der Waals surface area contributed by atoms with E-state index in [9.17, 15) is 14.4 Å². The smallest absolute Gasteiger partial charge is 0.407 e. The van der Waals surface area contributed by atoms with Crippen LogP contribution in [0.5, 0.6) is 0 Å². The van der Waals surface area contributed by atoms with Crippen LogP contribution in [0.3, 0.4) is 0 Å². The average molecular weight is 318 g/mol. The van der Waals surface area contributed by atoms with Gasteiger partial charge in [0.05, 0.1) is 5.52 Å². The van der Waals surface area contributed by atoms with Gasteiger partial charge in [0.1, 0.15) is 6.04 Å². The van der Waals surface area contributed by atoms with Crippen LogP contribution >= 0.6 is 0 Å². The van der Waals surface area contributed by atoms with Gasteiger partial charge in [0.2, 0.25) is 11.8 Å². The topological polar surface area (TPSA) is 81.3 Å². The van der Waals surface area contributed by atoms with E-state index in [4.69, 9.17) is 4.42 Å². The average Bonchev–Trinajstić information content (AvgIpc) is 2.83. The molecule has 1 atom stereocenters.